The second-order valence-electron chi connectivity index (χ2n) is 5.26. The van der Waals surface area contributed by atoms with E-state index in [2.05, 4.69) is 51.4 Å². The van der Waals surface area contributed by atoms with Crippen LogP contribution < -0.4 is 4.90 Å². The van der Waals surface area contributed by atoms with E-state index in [0.717, 1.165) is 30.4 Å². The first-order valence-corrected chi connectivity index (χ1v) is 9.10. The summed E-state index contributed by atoms with van der Waals surface area (Å²) in [5, 5.41) is 7.52. The van der Waals surface area contributed by atoms with Crippen LogP contribution in [0.25, 0.3) is 10.6 Å². The molecule has 4 rings (SSSR count). The number of hydrogen-bond donors (Lipinski definition) is 0. The van der Waals surface area contributed by atoms with Crippen LogP contribution in [0.15, 0.2) is 46.5 Å². The van der Waals surface area contributed by atoms with E-state index in [1.165, 1.54) is 16.8 Å². The Morgan fingerprint density at radius 2 is 2.14 bits per heavy atom. The van der Waals surface area contributed by atoms with Gasteiger partial charge in [-0.15, -0.1) is 11.3 Å². The van der Waals surface area contributed by atoms with E-state index >= 15 is 0 Å². The minimum Gasteiger partial charge on any atom is -0.375 e. The van der Waals surface area contributed by atoms with Crippen LogP contribution in [-0.2, 0) is 17.9 Å². The second-order valence-corrected chi connectivity index (χ2v) is 6.90. The number of rotatable bonds is 3. The molecule has 3 heterocycles. The average Bonchev–Trinajstić information content (AvgIpc) is 3.18. The highest BCUT2D eigenvalue weighted by Gasteiger charge is 2.16. The minimum atomic E-state index is 0.698. The van der Waals surface area contributed by atoms with E-state index in [1.54, 1.807) is 22.7 Å². The molecule has 0 aliphatic carbocycles. The molecule has 0 saturated carbocycles. The summed E-state index contributed by atoms with van der Waals surface area (Å²) in [6, 6.07) is 10.6. The zero-order chi connectivity index (χ0) is 14.8. The Bertz CT molecular complexity index is 752. The van der Waals surface area contributed by atoms with Crippen LogP contribution in [0.5, 0.6) is 0 Å². The maximum absolute atomic E-state index is 5.69. The van der Waals surface area contributed by atoms with E-state index in [9.17, 15) is 0 Å². The molecule has 1 aliphatic rings. The number of fused-ring (bicyclic) bond motifs is 1. The third kappa shape index (κ3) is 2.79. The molecule has 0 spiro atoms. The maximum Gasteiger partial charge on any atom is 0.124 e. The first-order valence-electron chi connectivity index (χ1n) is 7.28. The fourth-order valence-electron chi connectivity index (χ4n) is 2.68. The Hall–Kier alpha value is -1.69. The number of thiophene rings is 1. The number of benzene rings is 1. The zero-order valence-electron chi connectivity index (χ0n) is 12.1. The summed E-state index contributed by atoms with van der Waals surface area (Å²) in [6.45, 7) is 3.20. The lowest BCUT2D eigenvalue weighted by atomic mass is 10.1. The van der Waals surface area contributed by atoms with Crippen LogP contribution in [-0.4, -0.2) is 18.1 Å². The molecule has 112 valence electrons. The fraction of sp³-hybridized carbons (Fsp3) is 0.235. The van der Waals surface area contributed by atoms with E-state index < -0.39 is 0 Å². The lowest BCUT2D eigenvalue weighted by molar-refractivity contribution is 0.132. The Kier molecular flexibility index (Phi) is 3.93. The summed E-state index contributed by atoms with van der Waals surface area (Å²) >= 11 is 3.43. The predicted octanol–water partition coefficient (Wildman–Crippen LogP) is 4.41. The Morgan fingerprint density at radius 1 is 1.18 bits per heavy atom. The van der Waals surface area contributed by atoms with Gasteiger partial charge in [0, 0.05) is 34.1 Å². The van der Waals surface area contributed by atoms with Gasteiger partial charge in [-0.25, -0.2) is 4.98 Å². The highest BCUT2D eigenvalue weighted by atomic mass is 32.1. The smallest absolute Gasteiger partial charge is 0.124 e. The standard InChI is InChI=1S/C17H16N2OS2/c1-2-4-16-13(3-1)10-20-7-6-19(16)9-15-12-22-17(18-15)14-5-8-21-11-14/h1-5,8,11-12H,6-7,9-10H2. The molecule has 2 aromatic heterocycles. The molecule has 0 saturated heterocycles. The van der Waals surface area contributed by atoms with Gasteiger partial charge >= 0.3 is 0 Å². The van der Waals surface area contributed by atoms with Crippen molar-refractivity contribution in [2.75, 3.05) is 18.1 Å². The minimum absolute atomic E-state index is 0.698. The van der Waals surface area contributed by atoms with Gasteiger partial charge in [0.1, 0.15) is 5.01 Å². The summed E-state index contributed by atoms with van der Waals surface area (Å²) in [6.07, 6.45) is 0. The highest BCUT2D eigenvalue weighted by Crippen LogP contribution is 2.29. The molecule has 0 unspecified atom stereocenters. The molecule has 0 radical (unpaired) electrons. The summed E-state index contributed by atoms with van der Waals surface area (Å²) in [5.41, 5.74) is 4.88. The van der Waals surface area contributed by atoms with Crippen molar-refractivity contribution in [2.45, 2.75) is 13.2 Å². The Labute approximate surface area is 137 Å². The van der Waals surface area contributed by atoms with Crippen molar-refractivity contribution in [3.05, 3.63) is 57.7 Å². The van der Waals surface area contributed by atoms with Gasteiger partial charge in [-0.2, -0.15) is 11.3 Å². The van der Waals surface area contributed by atoms with Crippen molar-refractivity contribution >= 4 is 28.4 Å². The SMILES string of the molecule is c1ccc2c(c1)COCCN2Cc1csc(-c2ccsc2)n1. The molecule has 0 fully saturated rings. The zero-order valence-corrected chi connectivity index (χ0v) is 13.7. The van der Waals surface area contributed by atoms with Crippen molar-refractivity contribution in [3.63, 3.8) is 0 Å². The van der Waals surface area contributed by atoms with Crippen LogP contribution in [0.3, 0.4) is 0 Å². The van der Waals surface area contributed by atoms with Gasteiger partial charge in [0.15, 0.2) is 0 Å². The molecule has 0 atom stereocenters. The van der Waals surface area contributed by atoms with Gasteiger partial charge in [-0.1, -0.05) is 18.2 Å². The van der Waals surface area contributed by atoms with Crippen molar-refractivity contribution in [1.82, 2.24) is 4.98 Å². The second kappa shape index (κ2) is 6.20. The van der Waals surface area contributed by atoms with Crippen molar-refractivity contribution in [3.8, 4) is 10.6 Å². The molecule has 22 heavy (non-hydrogen) atoms. The number of thiazole rings is 1. The van der Waals surface area contributed by atoms with Gasteiger partial charge in [0.2, 0.25) is 0 Å². The van der Waals surface area contributed by atoms with Crippen molar-refractivity contribution in [1.29, 1.82) is 0 Å². The van der Waals surface area contributed by atoms with Gasteiger partial charge in [-0.05, 0) is 17.5 Å². The predicted molar refractivity (Wildman–Crippen MR) is 92.6 cm³/mol. The molecule has 0 amide bonds. The van der Waals surface area contributed by atoms with E-state index in [-0.39, 0.29) is 0 Å². The fourth-order valence-corrected chi connectivity index (χ4v) is 4.20. The summed E-state index contributed by atoms with van der Waals surface area (Å²) in [7, 11) is 0. The molecule has 5 heteroatoms. The van der Waals surface area contributed by atoms with Crippen LogP contribution in [0.2, 0.25) is 0 Å². The van der Waals surface area contributed by atoms with Crippen LogP contribution in [0, 0.1) is 0 Å². The lowest BCUT2D eigenvalue weighted by Crippen LogP contribution is -2.25. The highest BCUT2D eigenvalue weighted by molar-refractivity contribution is 7.14. The van der Waals surface area contributed by atoms with E-state index in [1.807, 2.05) is 0 Å². The monoisotopic (exact) mass is 328 g/mol. The van der Waals surface area contributed by atoms with E-state index in [0.29, 0.717) is 6.61 Å². The maximum atomic E-state index is 5.69. The molecule has 1 aromatic carbocycles. The number of ether oxygens (including phenoxy) is 1. The Balaban J connectivity index is 1.58. The normalized spacial score (nSPS) is 14.6. The molecule has 0 N–H and O–H groups in total. The lowest BCUT2D eigenvalue weighted by Gasteiger charge is -2.23. The largest absolute Gasteiger partial charge is 0.375 e. The molecule has 3 nitrogen and oxygen atoms in total. The molecule has 1 aliphatic heterocycles. The average molecular weight is 328 g/mol. The molecular formula is C17H16N2OS2. The quantitative estimate of drug-likeness (QED) is 0.712. The summed E-state index contributed by atoms with van der Waals surface area (Å²) < 4.78 is 5.69. The third-order valence-corrected chi connectivity index (χ3v) is 5.39. The molecular weight excluding hydrogens is 312 g/mol. The number of aromatic nitrogens is 1. The summed E-state index contributed by atoms with van der Waals surface area (Å²) in [5.74, 6) is 0. The van der Waals surface area contributed by atoms with Gasteiger partial charge in [0.05, 0.1) is 25.5 Å². The number of anilines is 1. The number of nitrogens with zero attached hydrogens (tertiary/aromatic N) is 2. The van der Waals surface area contributed by atoms with Gasteiger partial charge in [0.25, 0.3) is 0 Å². The van der Waals surface area contributed by atoms with Crippen LogP contribution in [0.4, 0.5) is 5.69 Å². The van der Waals surface area contributed by atoms with Gasteiger partial charge in [-0.3, -0.25) is 0 Å². The Morgan fingerprint density at radius 3 is 3.05 bits per heavy atom. The first kappa shape index (κ1) is 13.9. The van der Waals surface area contributed by atoms with E-state index in [4.69, 9.17) is 9.72 Å². The number of para-hydroxylation sites is 1. The third-order valence-electron chi connectivity index (χ3n) is 3.77. The first-order chi connectivity index (χ1) is 10.9. The van der Waals surface area contributed by atoms with Crippen LogP contribution in [0.1, 0.15) is 11.3 Å². The van der Waals surface area contributed by atoms with Crippen molar-refractivity contribution < 1.29 is 4.74 Å². The number of hydrogen-bond acceptors (Lipinski definition) is 5. The van der Waals surface area contributed by atoms with Crippen molar-refractivity contribution in [2.24, 2.45) is 0 Å². The van der Waals surface area contributed by atoms with Crippen LogP contribution >= 0.6 is 22.7 Å². The molecule has 3 aromatic rings. The topological polar surface area (TPSA) is 25.4 Å². The summed E-state index contributed by atoms with van der Waals surface area (Å²) in [4.78, 5) is 7.16. The van der Waals surface area contributed by atoms with Gasteiger partial charge < -0.3 is 9.64 Å². The molecule has 0 bridgehead atoms.